The molecule has 0 unspecified atom stereocenters. The van der Waals surface area contributed by atoms with E-state index in [4.69, 9.17) is 4.74 Å². The van der Waals surface area contributed by atoms with Crippen LogP contribution < -0.4 is 10.1 Å². The van der Waals surface area contributed by atoms with Gasteiger partial charge in [0.05, 0.1) is 6.10 Å². The van der Waals surface area contributed by atoms with Gasteiger partial charge in [-0.1, -0.05) is 19.1 Å². The minimum absolute atomic E-state index is 0.114. The highest BCUT2D eigenvalue weighted by Crippen LogP contribution is 2.19. The van der Waals surface area contributed by atoms with Crippen LogP contribution in [-0.4, -0.2) is 84.1 Å². The molecule has 1 aromatic rings. The molecule has 1 saturated carbocycles. The maximum Gasteiger partial charge on any atom is 0.119 e. The standard InChI is InChI=1S/C22H37N3O3/c1-2-24-10-12-25(13-11-24)16-21(27)17-28-22-5-3-4-18(14-22)15-23-19-6-8-20(26)9-7-19/h3-5,14,19-21,23,26-27H,2,6-13,15-17H2,1H3/t19?,20?,21-/m1/s1. The summed E-state index contributed by atoms with van der Waals surface area (Å²) in [6.07, 6.45) is 3.28. The Balaban J connectivity index is 1.37. The Morgan fingerprint density at radius 1 is 1.11 bits per heavy atom. The maximum absolute atomic E-state index is 10.3. The number of aliphatic hydroxyl groups excluding tert-OH is 2. The van der Waals surface area contributed by atoms with Crippen LogP contribution in [0.2, 0.25) is 0 Å². The zero-order valence-corrected chi connectivity index (χ0v) is 17.2. The molecule has 6 heteroatoms. The van der Waals surface area contributed by atoms with Gasteiger partial charge in [0.15, 0.2) is 0 Å². The Hall–Kier alpha value is -1.18. The molecule has 1 saturated heterocycles. The van der Waals surface area contributed by atoms with Gasteiger partial charge in [-0.05, 0) is 49.9 Å². The SMILES string of the molecule is CCN1CCN(C[C@@H](O)COc2cccc(CNC3CCC(O)CC3)c2)CC1. The highest BCUT2D eigenvalue weighted by molar-refractivity contribution is 5.28. The number of nitrogens with zero attached hydrogens (tertiary/aromatic N) is 2. The fraction of sp³-hybridized carbons (Fsp3) is 0.727. The molecule has 1 aliphatic carbocycles. The molecule has 0 aromatic heterocycles. The first-order valence-corrected chi connectivity index (χ1v) is 10.9. The van der Waals surface area contributed by atoms with E-state index in [1.807, 2.05) is 12.1 Å². The Bertz CT molecular complexity index is 570. The molecule has 1 atom stereocenters. The summed E-state index contributed by atoms with van der Waals surface area (Å²) in [7, 11) is 0. The number of piperazine rings is 1. The van der Waals surface area contributed by atoms with E-state index < -0.39 is 6.10 Å². The van der Waals surface area contributed by atoms with Crippen molar-refractivity contribution in [1.82, 2.24) is 15.1 Å². The van der Waals surface area contributed by atoms with Crippen molar-refractivity contribution >= 4 is 0 Å². The first-order chi connectivity index (χ1) is 13.6. The van der Waals surface area contributed by atoms with Crippen molar-refractivity contribution < 1.29 is 14.9 Å². The normalized spacial score (nSPS) is 25.5. The Morgan fingerprint density at radius 3 is 2.54 bits per heavy atom. The lowest BCUT2D eigenvalue weighted by Crippen LogP contribution is -2.49. The van der Waals surface area contributed by atoms with Gasteiger partial charge in [0, 0.05) is 45.3 Å². The largest absolute Gasteiger partial charge is 0.491 e. The quantitative estimate of drug-likeness (QED) is 0.592. The van der Waals surface area contributed by atoms with E-state index in [-0.39, 0.29) is 6.10 Å². The van der Waals surface area contributed by atoms with Gasteiger partial charge in [-0.2, -0.15) is 0 Å². The van der Waals surface area contributed by atoms with E-state index >= 15 is 0 Å². The number of hydrogen-bond acceptors (Lipinski definition) is 6. The second-order valence-corrected chi connectivity index (χ2v) is 8.23. The molecule has 28 heavy (non-hydrogen) atoms. The van der Waals surface area contributed by atoms with Gasteiger partial charge < -0.3 is 25.2 Å². The van der Waals surface area contributed by atoms with E-state index in [0.717, 1.165) is 70.7 Å². The zero-order valence-electron chi connectivity index (χ0n) is 17.2. The molecule has 2 aliphatic rings. The minimum atomic E-state index is -0.469. The molecular weight excluding hydrogens is 354 g/mol. The number of rotatable bonds is 9. The van der Waals surface area contributed by atoms with Crippen molar-refractivity contribution in [3.63, 3.8) is 0 Å². The molecule has 3 rings (SSSR count). The first kappa shape index (κ1) is 21.5. The van der Waals surface area contributed by atoms with Crippen molar-refractivity contribution in [2.75, 3.05) is 45.9 Å². The second kappa shape index (κ2) is 11.1. The number of hydrogen-bond donors (Lipinski definition) is 3. The van der Waals surface area contributed by atoms with Crippen LogP contribution in [0.3, 0.4) is 0 Å². The molecule has 1 aromatic carbocycles. The summed E-state index contributed by atoms with van der Waals surface area (Å²) < 4.78 is 5.85. The van der Waals surface area contributed by atoms with Gasteiger partial charge in [-0.15, -0.1) is 0 Å². The summed E-state index contributed by atoms with van der Waals surface area (Å²) in [5.41, 5.74) is 1.19. The van der Waals surface area contributed by atoms with Gasteiger partial charge in [0.1, 0.15) is 18.5 Å². The number of nitrogens with one attached hydrogen (secondary N) is 1. The lowest BCUT2D eigenvalue weighted by Gasteiger charge is -2.34. The molecule has 3 N–H and O–H groups in total. The maximum atomic E-state index is 10.3. The fourth-order valence-corrected chi connectivity index (χ4v) is 4.12. The molecular formula is C22H37N3O3. The van der Waals surface area contributed by atoms with E-state index in [9.17, 15) is 10.2 Å². The minimum Gasteiger partial charge on any atom is -0.491 e. The van der Waals surface area contributed by atoms with Crippen molar-refractivity contribution in [3.8, 4) is 5.75 Å². The third-order valence-corrected chi connectivity index (χ3v) is 6.01. The smallest absolute Gasteiger partial charge is 0.119 e. The van der Waals surface area contributed by atoms with Crippen LogP contribution in [0.5, 0.6) is 5.75 Å². The zero-order chi connectivity index (χ0) is 19.8. The van der Waals surface area contributed by atoms with Gasteiger partial charge in [-0.25, -0.2) is 0 Å². The van der Waals surface area contributed by atoms with Gasteiger partial charge in [-0.3, -0.25) is 4.90 Å². The average molecular weight is 392 g/mol. The third kappa shape index (κ3) is 7.01. The Labute approximate surface area is 169 Å². The van der Waals surface area contributed by atoms with Crippen molar-refractivity contribution in [3.05, 3.63) is 29.8 Å². The van der Waals surface area contributed by atoms with E-state index in [1.165, 1.54) is 5.56 Å². The molecule has 158 valence electrons. The highest BCUT2D eigenvalue weighted by atomic mass is 16.5. The Kier molecular flexibility index (Phi) is 8.55. The molecule has 0 spiro atoms. The van der Waals surface area contributed by atoms with Crippen molar-refractivity contribution in [1.29, 1.82) is 0 Å². The fourth-order valence-electron chi connectivity index (χ4n) is 4.12. The summed E-state index contributed by atoms with van der Waals surface area (Å²) in [6, 6.07) is 8.60. The average Bonchev–Trinajstić information content (AvgIpc) is 2.73. The van der Waals surface area contributed by atoms with Crippen LogP contribution in [0.1, 0.15) is 38.2 Å². The van der Waals surface area contributed by atoms with Gasteiger partial charge >= 0.3 is 0 Å². The van der Waals surface area contributed by atoms with E-state index in [1.54, 1.807) is 0 Å². The highest BCUT2D eigenvalue weighted by Gasteiger charge is 2.19. The van der Waals surface area contributed by atoms with Crippen LogP contribution in [0.15, 0.2) is 24.3 Å². The lowest BCUT2D eigenvalue weighted by molar-refractivity contribution is 0.0471. The van der Waals surface area contributed by atoms with Crippen LogP contribution in [0, 0.1) is 0 Å². The van der Waals surface area contributed by atoms with Crippen LogP contribution in [0.25, 0.3) is 0 Å². The van der Waals surface area contributed by atoms with Crippen LogP contribution in [-0.2, 0) is 6.54 Å². The molecule has 1 aliphatic heterocycles. The van der Waals surface area contributed by atoms with Crippen LogP contribution >= 0.6 is 0 Å². The van der Waals surface area contributed by atoms with Crippen LogP contribution in [0.4, 0.5) is 0 Å². The van der Waals surface area contributed by atoms with Crippen molar-refractivity contribution in [2.24, 2.45) is 0 Å². The van der Waals surface area contributed by atoms with E-state index in [2.05, 4.69) is 34.2 Å². The molecule has 0 amide bonds. The van der Waals surface area contributed by atoms with Crippen molar-refractivity contribution in [2.45, 2.75) is 57.4 Å². The lowest BCUT2D eigenvalue weighted by atomic mass is 9.93. The predicted octanol–water partition coefficient (Wildman–Crippen LogP) is 1.46. The predicted molar refractivity (Wildman–Crippen MR) is 112 cm³/mol. The second-order valence-electron chi connectivity index (χ2n) is 8.23. The number of benzene rings is 1. The van der Waals surface area contributed by atoms with E-state index in [0.29, 0.717) is 19.2 Å². The van der Waals surface area contributed by atoms with Gasteiger partial charge in [0.2, 0.25) is 0 Å². The monoisotopic (exact) mass is 391 g/mol. The first-order valence-electron chi connectivity index (χ1n) is 10.9. The summed E-state index contributed by atoms with van der Waals surface area (Å²) in [6.45, 7) is 9.31. The molecule has 2 fully saturated rings. The summed E-state index contributed by atoms with van der Waals surface area (Å²) >= 11 is 0. The molecule has 0 bridgehead atoms. The van der Waals surface area contributed by atoms with Gasteiger partial charge in [0.25, 0.3) is 0 Å². The number of aliphatic hydroxyl groups is 2. The molecule has 1 heterocycles. The number of β-amino-alcohol motifs (C(OH)–C–C–N with tert-alkyl or cyclic N) is 1. The molecule has 0 radical (unpaired) electrons. The summed E-state index contributed by atoms with van der Waals surface area (Å²) in [5.74, 6) is 0.813. The number of likely N-dealkylation sites (N-methyl/N-ethyl adjacent to an activating group) is 1. The Morgan fingerprint density at radius 2 is 1.82 bits per heavy atom. The summed E-state index contributed by atoms with van der Waals surface area (Å²) in [5, 5.41) is 23.5. The summed E-state index contributed by atoms with van der Waals surface area (Å²) in [4.78, 5) is 4.76. The molecule has 6 nitrogen and oxygen atoms in total. The topological polar surface area (TPSA) is 68.2 Å². The third-order valence-electron chi connectivity index (χ3n) is 6.01. The number of ether oxygens (including phenoxy) is 1.